The molecule has 0 radical (unpaired) electrons. The summed E-state index contributed by atoms with van der Waals surface area (Å²) < 4.78 is 6.75. The zero-order valence-electron chi connectivity index (χ0n) is 11.5. The molecule has 0 saturated carbocycles. The number of hydrogen-bond donors (Lipinski definition) is 1. The second-order valence-electron chi connectivity index (χ2n) is 4.36. The standard InChI is InChI=1S/C14H24ClNOS/c1-4-7-11(17-6-3)14(16-10-5-2)12-8-9-13(15)18-12/h8-9,11,14,16H,4-7,10H2,1-3H3. The van der Waals surface area contributed by atoms with Crippen LogP contribution in [0, 0.1) is 0 Å². The van der Waals surface area contributed by atoms with E-state index >= 15 is 0 Å². The first-order valence-corrected chi connectivity index (χ1v) is 8.02. The van der Waals surface area contributed by atoms with Crippen molar-refractivity contribution in [2.75, 3.05) is 13.2 Å². The molecule has 0 saturated heterocycles. The van der Waals surface area contributed by atoms with Gasteiger partial charge >= 0.3 is 0 Å². The lowest BCUT2D eigenvalue weighted by Gasteiger charge is -2.27. The number of thiophene rings is 1. The van der Waals surface area contributed by atoms with Gasteiger partial charge in [0.15, 0.2) is 0 Å². The molecular formula is C14H24ClNOS. The molecule has 104 valence electrons. The van der Waals surface area contributed by atoms with Crippen molar-refractivity contribution in [1.82, 2.24) is 5.32 Å². The van der Waals surface area contributed by atoms with Crippen LogP contribution >= 0.6 is 22.9 Å². The molecule has 2 nitrogen and oxygen atoms in total. The summed E-state index contributed by atoms with van der Waals surface area (Å²) in [6.45, 7) is 8.20. The minimum absolute atomic E-state index is 0.237. The summed E-state index contributed by atoms with van der Waals surface area (Å²) >= 11 is 7.70. The number of nitrogens with one attached hydrogen (secondary N) is 1. The Morgan fingerprint density at radius 3 is 2.56 bits per heavy atom. The Hall–Kier alpha value is -0.0900. The maximum atomic E-state index is 6.05. The number of hydrogen-bond acceptors (Lipinski definition) is 3. The highest BCUT2D eigenvalue weighted by atomic mass is 35.5. The summed E-state index contributed by atoms with van der Waals surface area (Å²) in [4.78, 5) is 1.28. The first-order valence-electron chi connectivity index (χ1n) is 6.83. The van der Waals surface area contributed by atoms with Crippen LogP contribution in [-0.2, 0) is 4.74 Å². The molecule has 1 heterocycles. The van der Waals surface area contributed by atoms with Crippen molar-refractivity contribution in [3.63, 3.8) is 0 Å². The van der Waals surface area contributed by atoms with Gasteiger partial charge in [-0.15, -0.1) is 11.3 Å². The quantitative estimate of drug-likeness (QED) is 0.714. The number of halogens is 1. The molecule has 1 aromatic heterocycles. The zero-order chi connectivity index (χ0) is 13.4. The van der Waals surface area contributed by atoms with E-state index < -0.39 is 0 Å². The fourth-order valence-electron chi connectivity index (χ4n) is 2.06. The molecule has 0 aliphatic rings. The Bertz CT molecular complexity index is 323. The van der Waals surface area contributed by atoms with Crippen molar-refractivity contribution in [1.29, 1.82) is 0 Å². The fraction of sp³-hybridized carbons (Fsp3) is 0.714. The van der Waals surface area contributed by atoms with E-state index in [4.69, 9.17) is 16.3 Å². The fourth-order valence-corrected chi connectivity index (χ4v) is 3.25. The highest BCUT2D eigenvalue weighted by molar-refractivity contribution is 7.16. The second kappa shape index (κ2) is 8.92. The Kier molecular flexibility index (Phi) is 7.91. The number of ether oxygens (including phenoxy) is 1. The van der Waals surface area contributed by atoms with Crippen LogP contribution in [0.3, 0.4) is 0 Å². The molecule has 0 spiro atoms. The van der Waals surface area contributed by atoms with Crippen molar-refractivity contribution in [2.45, 2.75) is 52.2 Å². The van der Waals surface area contributed by atoms with Gasteiger partial charge in [-0.2, -0.15) is 0 Å². The normalized spacial score (nSPS) is 14.7. The summed E-state index contributed by atoms with van der Waals surface area (Å²) in [5, 5.41) is 3.60. The Morgan fingerprint density at radius 2 is 2.06 bits per heavy atom. The smallest absolute Gasteiger partial charge is 0.0931 e. The molecule has 0 aromatic carbocycles. The Labute approximate surface area is 120 Å². The van der Waals surface area contributed by atoms with Crippen LogP contribution < -0.4 is 5.32 Å². The van der Waals surface area contributed by atoms with E-state index in [0.717, 1.165) is 36.8 Å². The van der Waals surface area contributed by atoms with Crippen LogP contribution in [-0.4, -0.2) is 19.3 Å². The van der Waals surface area contributed by atoms with E-state index in [9.17, 15) is 0 Å². The predicted molar refractivity (Wildman–Crippen MR) is 80.7 cm³/mol. The molecule has 1 aromatic rings. The topological polar surface area (TPSA) is 21.3 Å². The SMILES string of the molecule is CCCNC(c1ccc(Cl)s1)C(CCC)OCC. The van der Waals surface area contributed by atoms with E-state index in [1.807, 2.05) is 6.07 Å². The molecule has 2 unspecified atom stereocenters. The van der Waals surface area contributed by atoms with Crippen LogP contribution in [0.25, 0.3) is 0 Å². The van der Waals surface area contributed by atoms with Crippen molar-refractivity contribution < 1.29 is 4.74 Å². The van der Waals surface area contributed by atoms with Crippen LogP contribution in [0.1, 0.15) is 51.0 Å². The maximum Gasteiger partial charge on any atom is 0.0931 e. The summed E-state index contributed by atoms with van der Waals surface area (Å²) in [7, 11) is 0. The van der Waals surface area contributed by atoms with E-state index in [1.165, 1.54) is 4.88 Å². The van der Waals surface area contributed by atoms with Gasteiger partial charge in [-0.25, -0.2) is 0 Å². The Morgan fingerprint density at radius 1 is 1.28 bits per heavy atom. The van der Waals surface area contributed by atoms with Gasteiger partial charge in [-0.1, -0.05) is 31.9 Å². The van der Waals surface area contributed by atoms with Gasteiger partial charge in [0.05, 0.1) is 16.5 Å². The van der Waals surface area contributed by atoms with Gasteiger partial charge in [0.2, 0.25) is 0 Å². The van der Waals surface area contributed by atoms with Gasteiger partial charge in [-0.05, 0) is 38.4 Å². The molecule has 2 atom stereocenters. The molecular weight excluding hydrogens is 266 g/mol. The minimum atomic E-state index is 0.237. The highest BCUT2D eigenvalue weighted by Crippen LogP contribution is 2.31. The molecule has 4 heteroatoms. The lowest BCUT2D eigenvalue weighted by atomic mass is 10.0. The van der Waals surface area contributed by atoms with Crippen LogP contribution in [0.15, 0.2) is 12.1 Å². The lowest BCUT2D eigenvalue weighted by Crippen LogP contribution is -2.34. The molecule has 0 aliphatic carbocycles. The summed E-state index contributed by atoms with van der Waals surface area (Å²) in [6, 6.07) is 4.35. The van der Waals surface area contributed by atoms with E-state index in [0.29, 0.717) is 0 Å². The Balaban J connectivity index is 2.80. The second-order valence-corrected chi connectivity index (χ2v) is 6.10. The molecule has 1 rings (SSSR count). The van der Waals surface area contributed by atoms with Crippen LogP contribution in [0.4, 0.5) is 0 Å². The van der Waals surface area contributed by atoms with E-state index in [-0.39, 0.29) is 12.1 Å². The zero-order valence-corrected chi connectivity index (χ0v) is 13.1. The largest absolute Gasteiger partial charge is 0.376 e. The summed E-state index contributed by atoms with van der Waals surface area (Å²) in [5.74, 6) is 0. The van der Waals surface area contributed by atoms with Gasteiger partial charge in [0.25, 0.3) is 0 Å². The molecule has 1 N–H and O–H groups in total. The van der Waals surface area contributed by atoms with E-state index in [1.54, 1.807) is 11.3 Å². The average Bonchev–Trinajstić information content (AvgIpc) is 2.77. The lowest BCUT2D eigenvalue weighted by molar-refractivity contribution is 0.0285. The summed E-state index contributed by atoms with van der Waals surface area (Å²) in [5.41, 5.74) is 0. The van der Waals surface area contributed by atoms with Gasteiger partial charge in [-0.3, -0.25) is 0 Å². The van der Waals surface area contributed by atoms with Crippen LogP contribution in [0.2, 0.25) is 4.34 Å². The first kappa shape index (κ1) is 16.0. The van der Waals surface area contributed by atoms with Gasteiger partial charge in [0.1, 0.15) is 0 Å². The first-order chi connectivity index (χ1) is 8.72. The van der Waals surface area contributed by atoms with Gasteiger partial charge < -0.3 is 10.1 Å². The molecule has 0 amide bonds. The number of rotatable bonds is 9. The third-order valence-electron chi connectivity index (χ3n) is 2.84. The van der Waals surface area contributed by atoms with Crippen LogP contribution in [0.5, 0.6) is 0 Å². The van der Waals surface area contributed by atoms with Crippen molar-refractivity contribution >= 4 is 22.9 Å². The predicted octanol–water partition coefficient (Wildman–Crippen LogP) is 4.65. The van der Waals surface area contributed by atoms with Crippen molar-refractivity contribution in [3.05, 3.63) is 21.3 Å². The summed E-state index contributed by atoms with van der Waals surface area (Å²) in [6.07, 6.45) is 3.57. The molecule has 0 bridgehead atoms. The maximum absolute atomic E-state index is 6.05. The van der Waals surface area contributed by atoms with Gasteiger partial charge in [0, 0.05) is 11.5 Å². The average molecular weight is 290 g/mol. The third-order valence-corrected chi connectivity index (χ3v) is 4.15. The highest BCUT2D eigenvalue weighted by Gasteiger charge is 2.23. The monoisotopic (exact) mass is 289 g/mol. The molecule has 0 fully saturated rings. The third kappa shape index (κ3) is 4.88. The molecule has 0 aliphatic heterocycles. The van der Waals surface area contributed by atoms with Crippen molar-refractivity contribution in [3.8, 4) is 0 Å². The van der Waals surface area contributed by atoms with E-state index in [2.05, 4.69) is 32.2 Å². The molecule has 18 heavy (non-hydrogen) atoms. The minimum Gasteiger partial charge on any atom is -0.376 e. The van der Waals surface area contributed by atoms with Crippen molar-refractivity contribution in [2.24, 2.45) is 0 Å².